The van der Waals surface area contributed by atoms with Crippen molar-refractivity contribution in [2.45, 2.75) is 6.92 Å². The van der Waals surface area contributed by atoms with E-state index >= 15 is 0 Å². The number of halogens is 1. The summed E-state index contributed by atoms with van der Waals surface area (Å²) in [6, 6.07) is 28.3. The Morgan fingerprint density at radius 3 is 2.23 bits per heavy atom. The van der Waals surface area contributed by atoms with E-state index in [2.05, 4.69) is 41.7 Å². The van der Waals surface area contributed by atoms with Crippen molar-refractivity contribution >= 4 is 34.3 Å². The largest absolute Gasteiger partial charge is 1.00 e. The van der Waals surface area contributed by atoms with Crippen LogP contribution in [0.2, 0.25) is 0 Å². The van der Waals surface area contributed by atoms with Gasteiger partial charge in [-0.3, -0.25) is 0 Å². The monoisotopic (exact) mass is 435 g/mol. The normalized spacial score (nSPS) is 10.6. The number of hydrogen-bond donors (Lipinski definition) is 1. The summed E-state index contributed by atoms with van der Waals surface area (Å²) in [4.78, 5) is 0. The molecule has 3 aromatic carbocycles. The molecule has 0 bridgehead atoms. The molecule has 0 unspecified atom stereocenters. The first-order valence-corrected chi connectivity index (χ1v) is 10.3. The molecule has 0 atom stereocenters. The molecular weight excluding hydrogens is 414 g/mol. The van der Waals surface area contributed by atoms with Gasteiger partial charge in [-0.15, -0.1) is 0 Å². The molecule has 0 amide bonds. The van der Waals surface area contributed by atoms with Crippen LogP contribution in [-0.4, -0.2) is 11.7 Å². The lowest BCUT2D eigenvalue weighted by molar-refractivity contribution is -0.654. The molecule has 6 heteroatoms. The molecule has 0 aliphatic heterocycles. The van der Waals surface area contributed by atoms with Crippen molar-refractivity contribution in [1.82, 2.24) is 5.10 Å². The number of aromatic nitrogens is 2. The van der Waals surface area contributed by atoms with Gasteiger partial charge in [0.15, 0.2) is 0 Å². The van der Waals surface area contributed by atoms with Gasteiger partial charge < -0.3 is 22.5 Å². The summed E-state index contributed by atoms with van der Waals surface area (Å²) in [7, 11) is 0. The van der Waals surface area contributed by atoms with E-state index in [1.54, 1.807) is 11.3 Å². The van der Waals surface area contributed by atoms with Gasteiger partial charge in [0, 0.05) is 29.0 Å². The molecule has 152 valence electrons. The molecule has 0 radical (unpaired) electrons. The van der Waals surface area contributed by atoms with Crippen molar-refractivity contribution in [2.24, 2.45) is 0 Å². The van der Waals surface area contributed by atoms with Gasteiger partial charge in [0.05, 0.1) is 6.61 Å². The highest BCUT2D eigenvalue weighted by Gasteiger charge is 2.20. The Balaban J connectivity index is 0.00000256. The number of hydrogen-bond acceptors (Lipinski definition) is 4. The Hall–Kier alpha value is -3.15. The topological polar surface area (TPSA) is 38.0 Å². The van der Waals surface area contributed by atoms with Gasteiger partial charge in [0.25, 0.3) is 10.1 Å². The van der Waals surface area contributed by atoms with E-state index in [4.69, 9.17) is 9.84 Å². The lowest BCUT2D eigenvalue weighted by Gasteiger charge is -2.01. The first-order valence-electron chi connectivity index (χ1n) is 9.53. The summed E-state index contributed by atoms with van der Waals surface area (Å²) in [6.45, 7) is 2.66. The standard InChI is InChI=1S/C24H22N3OS.ClH/c1-2-28-22-16-13-19(14-17-22)15-18-23-27(21-11-7-4-8-12-21)26-24(29-23)25-20-9-5-3-6-10-20;/h3-18H,2H2,1H3,(H,25,26);1H/q+1;/p-1/b18-15+;. The van der Waals surface area contributed by atoms with E-state index in [0.717, 1.165) is 32.8 Å². The van der Waals surface area contributed by atoms with Gasteiger partial charge in [-0.2, -0.15) is 0 Å². The second-order valence-electron chi connectivity index (χ2n) is 6.32. The zero-order valence-corrected chi connectivity index (χ0v) is 18.1. The van der Waals surface area contributed by atoms with Gasteiger partial charge >= 0.3 is 0 Å². The van der Waals surface area contributed by atoms with Crippen LogP contribution in [-0.2, 0) is 0 Å². The van der Waals surface area contributed by atoms with Gasteiger partial charge in [-0.25, -0.2) is 0 Å². The summed E-state index contributed by atoms with van der Waals surface area (Å²) in [5.74, 6) is 0.885. The second kappa shape index (κ2) is 10.6. The summed E-state index contributed by atoms with van der Waals surface area (Å²) >= 11 is 1.61. The molecular formula is C24H22ClN3OS. The van der Waals surface area contributed by atoms with Crippen LogP contribution < -0.4 is 27.1 Å². The predicted molar refractivity (Wildman–Crippen MR) is 120 cm³/mol. The van der Waals surface area contributed by atoms with Crippen LogP contribution in [0, 0.1) is 0 Å². The fourth-order valence-corrected chi connectivity index (χ4v) is 3.72. The molecule has 4 rings (SSSR count). The summed E-state index contributed by atoms with van der Waals surface area (Å²) in [5, 5.41) is 10.0. The Kier molecular flexibility index (Phi) is 7.60. The fourth-order valence-electron chi connectivity index (χ4n) is 2.87. The number of anilines is 2. The van der Waals surface area contributed by atoms with Crippen molar-refractivity contribution in [3.8, 4) is 11.4 Å². The quantitative estimate of drug-likeness (QED) is 0.454. The van der Waals surface area contributed by atoms with E-state index < -0.39 is 0 Å². The Morgan fingerprint density at radius 1 is 0.900 bits per heavy atom. The van der Waals surface area contributed by atoms with Crippen LogP contribution in [0.1, 0.15) is 17.5 Å². The molecule has 4 aromatic rings. The van der Waals surface area contributed by atoms with E-state index in [1.165, 1.54) is 0 Å². The van der Waals surface area contributed by atoms with Crippen molar-refractivity contribution in [2.75, 3.05) is 11.9 Å². The molecule has 4 nitrogen and oxygen atoms in total. The zero-order chi connectivity index (χ0) is 19.9. The summed E-state index contributed by atoms with van der Waals surface area (Å²) in [5.41, 5.74) is 3.15. The van der Waals surface area contributed by atoms with Gasteiger partial charge in [0.2, 0.25) is 5.69 Å². The molecule has 0 aliphatic rings. The third-order valence-corrected chi connectivity index (χ3v) is 5.13. The number of para-hydroxylation sites is 2. The number of nitrogens with zero attached hydrogens (tertiary/aromatic N) is 2. The molecule has 0 saturated carbocycles. The SMILES string of the molecule is CCOc1ccc(/C=C/c2sc(Nc3ccccc3)n[n+]2-c2ccccc2)cc1.[Cl-]. The van der Waals surface area contributed by atoms with E-state index in [0.29, 0.717) is 6.61 Å². The summed E-state index contributed by atoms with van der Waals surface area (Å²) in [6.07, 6.45) is 4.19. The zero-order valence-electron chi connectivity index (χ0n) is 16.5. The molecule has 1 heterocycles. The average molecular weight is 436 g/mol. The lowest BCUT2D eigenvalue weighted by atomic mass is 10.2. The Morgan fingerprint density at radius 2 is 1.57 bits per heavy atom. The number of benzene rings is 3. The minimum absolute atomic E-state index is 0. The smallest absolute Gasteiger partial charge is 0.297 e. The van der Waals surface area contributed by atoms with Gasteiger partial charge in [0.1, 0.15) is 5.75 Å². The fraction of sp³-hybridized carbons (Fsp3) is 0.0833. The highest BCUT2D eigenvalue weighted by atomic mass is 35.5. The molecule has 0 aliphatic carbocycles. The molecule has 0 saturated heterocycles. The highest BCUT2D eigenvalue weighted by Crippen LogP contribution is 2.23. The highest BCUT2D eigenvalue weighted by molar-refractivity contribution is 7.15. The van der Waals surface area contributed by atoms with Crippen LogP contribution in [0.3, 0.4) is 0 Å². The minimum atomic E-state index is 0. The summed E-state index contributed by atoms with van der Waals surface area (Å²) < 4.78 is 7.48. The third-order valence-electron chi connectivity index (χ3n) is 4.24. The number of rotatable bonds is 7. The van der Waals surface area contributed by atoms with Gasteiger partial charge in [-0.05, 0) is 58.8 Å². The van der Waals surface area contributed by atoms with Crippen LogP contribution in [0.5, 0.6) is 5.75 Å². The molecule has 1 N–H and O–H groups in total. The van der Waals surface area contributed by atoms with E-state index in [-0.39, 0.29) is 12.4 Å². The van der Waals surface area contributed by atoms with Crippen LogP contribution >= 0.6 is 11.3 Å². The lowest BCUT2D eigenvalue weighted by Crippen LogP contribution is -3.00. The van der Waals surface area contributed by atoms with Crippen molar-refractivity contribution in [1.29, 1.82) is 0 Å². The van der Waals surface area contributed by atoms with Gasteiger partial charge in [-0.1, -0.05) is 48.5 Å². The van der Waals surface area contributed by atoms with E-state index in [9.17, 15) is 0 Å². The third kappa shape index (κ3) is 5.47. The number of nitrogens with one attached hydrogen (secondary N) is 1. The number of ether oxygens (including phenoxy) is 1. The van der Waals surface area contributed by atoms with Crippen LogP contribution in [0.4, 0.5) is 10.8 Å². The van der Waals surface area contributed by atoms with Crippen molar-refractivity contribution in [3.63, 3.8) is 0 Å². The van der Waals surface area contributed by atoms with Crippen molar-refractivity contribution in [3.05, 3.63) is 95.5 Å². The first-order chi connectivity index (χ1) is 14.3. The van der Waals surface area contributed by atoms with Crippen LogP contribution in [0.15, 0.2) is 84.9 Å². The second-order valence-corrected chi connectivity index (χ2v) is 7.33. The van der Waals surface area contributed by atoms with Crippen LogP contribution in [0.25, 0.3) is 17.8 Å². The average Bonchev–Trinajstić information content (AvgIpc) is 3.17. The maximum atomic E-state index is 5.52. The van der Waals surface area contributed by atoms with E-state index in [1.807, 2.05) is 72.3 Å². The Labute approximate surface area is 186 Å². The molecule has 0 spiro atoms. The van der Waals surface area contributed by atoms with Crippen molar-refractivity contribution < 1.29 is 21.8 Å². The molecule has 1 aromatic heterocycles. The maximum Gasteiger partial charge on any atom is 0.297 e. The Bertz CT molecular complexity index is 1080. The molecule has 0 fully saturated rings. The maximum absolute atomic E-state index is 5.52. The predicted octanol–water partition coefficient (Wildman–Crippen LogP) is 2.74. The molecule has 30 heavy (non-hydrogen) atoms. The first kappa shape index (κ1) is 21.6. The minimum Gasteiger partial charge on any atom is -1.00 e.